The maximum Gasteiger partial charge on any atom is 0.0856 e. The van der Waals surface area contributed by atoms with Gasteiger partial charge >= 0.3 is 0 Å². The summed E-state index contributed by atoms with van der Waals surface area (Å²) in [5, 5.41) is 0. The molecule has 0 N–H and O–H groups in total. The summed E-state index contributed by atoms with van der Waals surface area (Å²) in [6, 6.07) is 19.9. The zero-order chi connectivity index (χ0) is 17.1. The number of aryl methyl sites for hydroxylation is 3. The predicted molar refractivity (Wildman–Crippen MR) is 99.6 cm³/mol. The summed E-state index contributed by atoms with van der Waals surface area (Å²) in [5.74, 6) is 0. The van der Waals surface area contributed by atoms with Crippen LogP contribution in [0, 0.1) is 13.8 Å². The van der Waals surface area contributed by atoms with E-state index in [0.29, 0.717) is 0 Å². The molecule has 1 unspecified atom stereocenters. The van der Waals surface area contributed by atoms with Crippen LogP contribution in [0.25, 0.3) is 11.3 Å². The smallest absolute Gasteiger partial charge is 0.0856 e. The lowest BCUT2D eigenvalue weighted by molar-refractivity contribution is 0.683. The number of pyridine rings is 1. The molecule has 3 heteroatoms. The molecule has 0 radical (unpaired) electrons. The Balaban J connectivity index is 2.14. The first kappa shape index (κ1) is 16.6. The molecule has 2 aromatic carbocycles. The van der Waals surface area contributed by atoms with Crippen LogP contribution in [0.1, 0.15) is 23.7 Å². The molecule has 0 fully saturated rings. The molecule has 0 aliphatic rings. The number of rotatable bonds is 4. The maximum absolute atomic E-state index is 13.1. The second-order valence-electron chi connectivity index (χ2n) is 5.89. The molecule has 24 heavy (non-hydrogen) atoms. The fraction of sp³-hybridized carbons (Fsp3) is 0.190. The minimum atomic E-state index is -1.22. The van der Waals surface area contributed by atoms with Crippen LogP contribution in [0.4, 0.5) is 0 Å². The maximum atomic E-state index is 13.1. The Morgan fingerprint density at radius 3 is 2.33 bits per heavy atom. The van der Waals surface area contributed by atoms with E-state index in [1.165, 1.54) is 5.56 Å². The minimum Gasteiger partial charge on any atom is -0.253 e. The summed E-state index contributed by atoms with van der Waals surface area (Å²) in [5.41, 5.74) is 5.20. The Bertz CT molecular complexity index is 885. The van der Waals surface area contributed by atoms with Gasteiger partial charge in [0.1, 0.15) is 0 Å². The Hall–Kier alpha value is -2.26. The highest BCUT2D eigenvalue weighted by atomic mass is 32.2. The van der Waals surface area contributed by atoms with Crippen LogP contribution in [0.5, 0.6) is 0 Å². The van der Waals surface area contributed by atoms with Crippen LogP contribution in [0.2, 0.25) is 0 Å². The van der Waals surface area contributed by atoms with Crippen molar-refractivity contribution in [2.24, 2.45) is 0 Å². The standard InChI is InChI=1S/C21H21NOS/c1-4-17-12-11-16(3)22-21(17)19-7-5-6-8-20(19)24(23)18-13-9-15(2)10-14-18/h5-14H,4H2,1-3H3. The molecule has 1 atom stereocenters. The molecule has 0 bridgehead atoms. The number of hydrogen-bond acceptors (Lipinski definition) is 2. The molecule has 0 saturated heterocycles. The zero-order valence-electron chi connectivity index (χ0n) is 14.2. The molecule has 0 aliphatic carbocycles. The average Bonchev–Trinajstić information content (AvgIpc) is 2.62. The molecule has 0 aliphatic heterocycles. The molecule has 1 aromatic heterocycles. The number of nitrogens with zero attached hydrogens (tertiary/aromatic N) is 1. The van der Waals surface area contributed by atoms with Gasteiger partial charge in [0.05, 0.1) is 21.4 Å². The predicted octanol–water partition coefficient (Wildman–Crippen LogP) is 5.09. The monoisotopic (exact) mass is 335 g/mol. The minimum absolute atomic E-state index is 0.814. The van der Waals surface area contributed by atoms with Gasteiger partial charge in [-0.05, 0) is 50.1 Å². The van der Waals surface area contributed by atoms with E-state index in [1.807, 2.05) is 68.4 Å². The summed E-state index contributed by atoms with van der Waals surface area (Å²) < 4.78 is 13.1. The van der Waals surface area contributed by atoms with Crippen LogP contribution >= 0.6 is 0 Å². The molecule has 122 valence electrons. The Morgan fingerprint density at radius 1 is 0.917 bits per heavy atom. The van der Waals surface area contributed by atoms with Gasteiger partial charge in [0.15, 0.2) is 0 Å². The highest BCUT2D eigenvalue weighted by Gasteiger charge is 2.16. The number of benzene rings is 2. The first-order chi connectivity index (χ1) is 11.6. The van der Waals surface area contributed by atoms with Crippen molar-refractivity contribution in [3.63, 3.8) is 0 Å². The van der Waals surface area contributed by atoms with E-state index in [4.69, 9.17) is 4.98 Å². The van der Waals surface area contributed by atoms with Gasteiger partial charge in [-0.3, -0.25) is 4.98 Å². The van der Waals surface area contributed by atoms with Gasteiger partial charge in [-0.15, -0.1) is 0 Å². The van der Waals surface area contributed by atoms with Gasteiger partial charge in [-0.2, -0.15) is 0 Å². The molecule has 0 spiro atoms. The van der Waals surface area contributed by atoms with Gasteiger partial charge < -0.3 is 0 Å². The third-order valence-corrected chi connectivity index (χ3v) is 5.53. The van der Waals surface area contributed by atoms with Crippen LogP contribution in [-0.2, 0) is 17.2 Å². The van der Waals surface area contributed by atoms with Crippen molar-refractivity contribution in [2.45, 2.75) is 37.0 Å². The van der Waals surface area contributed by atoms with Crippen LogP contribution in [-0.4, -0.2) is 9.19 Å². The van der Waals surface area contributed by atoms with Crippen molar-refractivity contribution in [1.29, 1.82) is 0 Å². The Labute approximate surface area is 146 Å². The topological polar surface area (TPSA) is 30.0 Å². The third-order valence-electron chi connectivity index (χ3n) is 4.08. The van der Waals surface area contributed by atoms with Gasteiger partial charge in [0.25, 0.3) is 0 Å². The van der Waals surface area contributed by atoms with E-state index in [0.717, 1.165) is 38.7 Å². The molecule has 1 heterocycles. The largest absolute Gasteiger partial charge is 0.253 e. The van der Waals surface area contributed by atoms with Crippen molar-refractivity contribution in [1.82, 2.24) is 4.98 Å². The summed E-state index contributed by atoms with van der Waals surface area (Å²) in [6.45, 7) is 6.14. The number of aromatic nitrogens is 1. The quantitative estimate of drug-likeness (QED) is 0.664. The fourth-order valence-electron chi connectivity index (χ4n) is 2.72. The van der Waals surface area contributed by atoms with Gasteiger partial charge in [-0.1, -0.05) is 48.9 Å². The van der Waals surface area contributed by atoms with Crippen molar-refractivity contribution >= 4 is 10.8 Å². The van der Waals surface area contributed by atoms with E-state index in [9.17, 15) is 4.21 Å². The highest BCUT2D eigenvalue weighted by Crippen LogP contribution is 2.30. The first-order valence-electron chi connectivity index (χ1n) is 8.14. The molecular formula is C21H21NOS. The average molecular weight is 335 g/mol. The van der Waals surface area contributed by atoms with Crippen LogP contribution in [0.15, 0.2) is 70.5 Å². The number of hydrogen-bond donors (Lipinski definition) is 0. The fourth-order valence-corrected chi connectivity index (χ4v) is 3.92. The summed E-state index contributed by atoms with van der Waals surface area (Å²) >= 11 is 0. The van der Waals surface area contributed by atoms with Crippen molar-refractivity contribution in [2.75, 3.05) is 0 Å². The molecular weight excluding hydrogens is 314 g/mol. The van der Waals surface area contributed by atoms with Gasteiger partial charge in [0, 0.05) is 16.2 Å². The van der Waals surface area contributed by atoms with Crippen molar-refractivity contribution in [3.8, 4) is 11.3 Å². The zero-order valence-corrected chi connectivity index (χ0v) is 15.1. The van der Waals surface area contributed by atoms with Crippen LogP contribution < -0.4 is 0 Å². The summed E-state index contributed by atoms with van der Waals surface area (Å²) in [6.07, 6.45) is 0.897. The van der Waals surface area contributed by atoms with Crippen LogP contribution in [0.3, 0.4) is 0 Å². The van der Waals surface area contributed by atoms with Gasteiger partial charge in [0.2, 0.25) is 0 Å². The lowest BCUT2D eigenvalue weighted by Crippen LogP contribution is -2.00. The van der Waals surface area contributed by atoms with E-state index >= 15 is 0 Å². The lowest BCUT2D eigenvalue weighted by atomic mass is 10.0. The molecule has 0 amide bonds. The summed E-state index contributed by atoms with van der Waals surface area (Å²) in [4.78, 5) is 6.36. The summed E-state index contributed by atoms with van der Waals surface area (Å²) in [7, 11) is -1.22. The Kier molecular flexibility index (Phi) is 4.91. The van der Waals surface area contributed by atoms with E-state index < -0.39 is 10.8 Å². The molecule has 0 saturated carbocycles. The molecule has 3 aromatic rings. The first-order valence-corrected chi connectivity index (χ1v) is 9.29. The van der Waals surface area contributed by atoms with Crippen molar-refractivity contribution in [3.05, 3.63) is 77.5 Å². The SMILES string of the molecule is CCc1ccc(C)nc1-c1ccccc1S(=O)c1ccc(C)cc1. The van der Waals surface area contributed by atoms with Crippen molar-refractivity contribution < 1.29 is 4.21 Å². The van der Waals surface area contributed by atoms with E-state index in [2.05, 4.69) is 13.0 Å². The van der Waals surface area contributed by atoms with Gasteiger partial charge in [-0.25, -0.2) is 4.21 Å². The normalized spacial score (nSPS) is 12.1. The third kappa shape index (κ3) is 3.31. The molecule has 2 nitrogen and oxygen atoms in total. The second-order valence-corrected chi connectivity index (χ2v) is 7.34. The van der Waals surface area contributed by atoms with E-state index in [-0.39, 0.29) is 0 Å². The second kappa shape index (κ2) is 7.10. The lowest BCUT2D eigenvalue weighted by Gasteiger charge is -2.13. The highest BCUT2D eigenvalue weighted by molar-refractivity contribution is 7.85. The van der Waals surface area contributed by atoms with E-state index in [1.54, 1.807) is 0 Å². The Morgan fingerprint density at radius 2 is 1.62 bits per heavy atom. The molecule has 3 rings (SSSR count).